The van der Waals surface area contributed by atoms with Gasteiger partial charge in [-0.3, -0.25) is 10.1 Å². The molecule has 7 heteroatoms. The summed E-state index contributed by atoms with van der Waals surface area (Å²) >= 11 is 1.54. The quantitative estimate of drug-likeness (QED) is 0.374. The van der Waals surface area contributed by atoms with Gasteiger partial charge in [-0.05, 0) is 23.3 Å². The summed E-state index contributed by atoms with van der Waals surface area (Å²) in [6.45, 7) is 0.272. The maximum absolute atomic E-state index is 10.7. The molecule has 0 fully saturated rings. The summed E-state index contributed by atoms with van der Waals surface area (Å²) in [5.41, 5.74) is 3.00. The minimum Gasteiger partial charge on any atom is -0.472 e. The molecule has 0 aliphatic carbocycles. The lowest BCUT2D eigenvalue weighted by Gasteiger charge is -2.08. The summed E-state index contributed by atoms with van der Waals surface area (Å²) in [4.78, 5) is 19.8. The van der Waals surface area contributed by atoms with E-state index < -0.39 is 4.92 Å². The third kappa shape index (κ3) is 3.12. The molecule has 26 heavy (non-hydrogen) atoms. The molecule has 2 heterocycles. The molecule has 0 atom stereocenters. The maximum atomic E-state index is 10.7. The van der Waals surface area contributed by atoms with Crippen molar-refractivity contribution in [1.29, 1.82) is 0 Å². The van der Waals surface area contributed by atoms with Gasteiger partial charge in [0.25, 0.3) is 5.69 Å². The van der Waals surface area contributed by atoms with Crippen LogP contribution in [0.4, 0.5) is 5.69 Å². The number of nitro benzene ring substituents is 1. The first-order valence-corrected chi connectivity index (χ1v) is 8.74. The highest BCUT2D eigenvalue weighted by molar-refractivity contribution is 7.17. The lowest BCUT2D eigenvalue weighted by atomic mass is 10.1. The van der Waals surface area contributed by atoms with Gasteiger partial charge in [0.05, 0.1) is 10.3 Å². The maximum Gasteiger partial charge on any atom is 0.269 e. The molecule has 2 aromatic heterocycles. The number of hydrogen-bond donors (Lipinski definition) is 0. The Balaban J connectivity index is 1.64. The Bertz CT molecular complexity index is 1060. The van der Waals surface area contributed by atoms with Gasteiger partial charge < -0.3 is 4.74 Å². The predicted octanol–water partition coefficient (Wildman–Crippen LogP) is 4.85. The molecule has 6 nitrogen and oxygen atoms in total. The smallest absolute Gasteiger partial charge is 0.269 e. The molecule has 0 bridgehead atoms. The van der Waals surface area contributed by atoms with Crippen LogP contribution in [0.25, 0.3) is 21.3 Å². The Hall–Kier alpha value is -3.32. The molecule has 0 unspecified atom stereocenters. The Morgan fingerprint density at radius 3 is 2.54 bits per heavy atom. The Kier molecular flexibility index (Phi) is 4.28. The SMILES string of the molecule is O=[N+]([O-])c1ccc(COc2ncnc3scc(-c4ccccc4)c23)cc1. The Morgan fingerprint density at radius 2 is 1.81 bits per heavy atom. The van der Waals surface area contributed by atoms with Gasteiger partial charge in [0.1, 0.15) is 17.8 Å². The van der Waals surface area contributed by atoms with E-state index in [1.165, 1.54) is 18.5 Å². The Labute approximate surface area is 152 Å². The van der Waals surface area contributed by atoms with E-state index in [1.54, 1.807) is 23.5 Å². The third-order valence-electron chi connectivity index (χ3n) is 3.94. The lowest BCUT2D eigenvalue weighted by molar-refractivity contribution is -0.384. The first kappa shape index (κ1) is 16.2. The van der Waals surface area contributed by atoms with E-state index in [2.05, 4.69) is 9.97 Å². The van der Waals surface area contributed by atoms with Gasteiger partial charge in [0.15, 0.2) is 0 Å². The second-order valence-corrected chi connectivity index (χ2v) is 6.44. The zero-order chi connectivity index (χ0) is 17.9. The number of non-ortho nitro benzene ring substituents is 1. The van der Waals surface area contributed by atoms with E-state index in [-0.39, 0.29) is 12.3 Å². The van der Waals surface area contributed by atoms with Crippen molar-refractivity contribution >= 4 is 27.2 Å². The van der Waals surface area contributed by atoms with Gasteiger partial charge in [-0.25, -0.2) is 9.97 Å². The van der Waals surface area contributed by atoms with Gasteiger partial charge in [0, 0.05) is 23.1 Å². The summed E-state index contributed by atoms with van der Waals surface area (Å²) in [6, 6.07) is 16.3. The van der Waals surface area contributed by atoms with Gasteiger partial charge in [-0.1, -0.05) is 30.3 Å². The summed E-state index contributed by atoms with van der Waals surface area (Å²) in [7, 11) is 0. The highest BCUT2D eigenvalue weighted by Gasteiger charge is 2.14. The van der Waals surface area contributed by atoms with Crippen molar-refractivity contribution < 1.29 is 9.66 Å². The standard InChI is InChI=1S/C19H13N3O3S/c23-22(24)15-8-6-13(7-9-15)10-25-18-17-16(14-4-2-1-3-5-14)11-26-19(17)21-12-20-18/h1-9,11-12H,10H2. The van der Waals surface area contributed by atoms with Gasteiger partial charge in [-0.2, -0.15) is 0 Å². The zero-order valence-electron chi connectivity index (χ0n) is 13.5. The zero-order valence-corrected chi connectivity index (χ0v) is 14.3. The molecule has 0 saturated carbocycles. The van der Waals surface area contributed by atoms with E-state index in [1.807, 2.05) is 35.7 Å². The first-order valence-electron chi connectivity index (χ1n) is 7.86. The van der Waals surface area contributed by atoms with Gasteiger partial charge in [0.2, 0.25) is 5.88 Å². The third-order valence-corrected chi connectivity index (χ3v) is 4.83. The molecule has 0 amide bonds. The summed E-state index contributed by atoms with van der Waals surface area (Å²) in [5.74, 6) is 0.508. The molecule has 0 aliphatic rings. The average molecular weight is 363 g/mol. The van der Waals surface area contributed by atoms with Crippen LogP contribution in [0.15, 0.2) is 66.3 Å². The highest BCUT2D eigenvalue weighted by atomic mass is 32.1. The van der Waals surface area contributed by atoms with Crippen LogP contribution in [0, 0.1) is 10.1 Å². The molecule has 4 rings (SSSR count). The summed E-state index contributed by atoms with van der Waals surface area (Å²) < 4.78 is 5.91. The number of nitrogens with zero attached hydrogens (tertiary/aromatic N) is 3. The van der Waals surface area contributed by atoms with Crippen LogP contribution in [0.1, 0.15) is 5.56 Å². The molecular formula is C19H13N3O3S. The van der Waals surface area contributed by atoms with Crippen LogP contribution in [0.3, 0.4) is 0 Å². The number of benzene rings is 2. The van der Waals surface area contributed by atoms with Crippen molar-refractivity contribution in [2.24, 2.45) is 0 Å². The predicted molar refractivity (Wildman–Crippen MR) is 100 cm³/mol. The van der Waals surface area contributed by atoms with E-state index in [0.717, 1.165) is 26.9 Å². The van der Waals surface area contributed by atoms with E-state index in [0.29, 0.717) is 5.88 Å². The molecule has 2 aromatic carbocycles. The number of fused-ring (bicyclic) bond motifs is 1. The van der Waals surface area contributed by atoms with Gasteiger partial charge >= 0.3 is 0 Å². The Morgan fingerprint density at radius 1 is 1.04 bits per heavy atom. The van der Waals surface area contributed by atoms with Crippen molar-refractivity contribution in [3.8, 4) is 17.0 Å². The fourth-order valence-electron chi connectivity index (χ4n) is 2.65. The molecule has 0 aliphatic heterocycles. The molecule has 0 saturated heterocycles. The van der Waals surface area contributed by atoms with Gasteiger partial charge in [-0.15, -0.1) is 11.3 Å². The van der Waals surface area contributed by atoms with Crippen molar-refractivity contribution in [3.05, 3.63) is 82.0 Å². The number of rotatable bonds is 5. The number of ether oxygens (including phenoxy) is 1. The largest absolute Gasteiger partial charge is 0.472 e. The van der Waals surface area contributed by atoms with Crippen LogP contribution >= 0.6 is 11.3 Å². The highest BCUT2D eigenvalue weighted by Crippen LogP contribution is 2.37. The molecule has 128 valence electrons. The van der Waals surface area contributed by atoms with Crippen molar-refractivity contribution in [2.75, 3.05) is 0 Å². The minimum atomic E-state index is -0.421. The van der Waals surface area contributed by atoms with Crippen LogP contribution in [-0.2, 0) is 6.61 Å². The lowest BCUT2D eigenvalue weighted by Crippen LogP contribution is -1.99. The first-order chi connectivity index (χ1) is 12.7. The van der Waals surface area contributed by atoms with E-state index >= 15 is 0 Å². The molecule has 0 radical (unpaired) electrons. The number of aromatic nitrogens is 2. The monoisotopic (exact) mass is 363 g/mol. The average Bonchev–Trinajstić information content (AvgIpc) is 3.12. The normalized spacial score (nSPS) is 10.8. The van der Waals surface area contributed by atoms with Crippen LogP contribution < -0.4 is 4.74 Å². The second kappa shape index (κ2) is 6.89. The van der Waals surface area contributed by atoms with Crippen LogP contribution in [-0.4, -0.2) is 14.9 Å². The van der Waals surface area contributed by atoms with E-state index in [9.17, 15) is 10.1 Å². The molecular weight excluding hydrogens is 350 g/mol. The number of hydrogen-bond acceptors (Lipinski definition) is 6. The molecule has 0 spiro atoms. The molecule has 4 aromatic rings. The number of nitro groups is 1. The second-order valence-electron chi connectivity index (χ2n) is 5.59. The number of thiophene rings is 1. The summed E-state index contributed by atoms with van der Waals surface area (Å²) in [5, 5.41) is 13.7. The van der Waals surface area contributed by atoms with Crippen LogP contribution in [0.2, 0.25) is 0 Å². The fourth-order valence-corrected chi connectivity index (χ4v) is 3.56. The van der Waals surface area contributed by atoms with Crippen molar-refractivity contribution in [1.82, 2.24) is 9.97 Å². The van der Waals surface area contributed by atoms with Crippen LogP contribution in [0.5, 0.6) is 5.88 Å². The molecule has 0 N–H and O–H groups in total. The van der Waals surface area contributed by atoms with Crippen molar-refractivity contribution in [3.63, 3.8) is 0 Å². The minimum absolute atomic E-state index is 0.0578. The fraction of sp³-hybridized carbons (Fsp3) is 0.0526. The summed E-state index contributed by atoms with van der Waals surface area (Å²) in [6.07, 6.45) is 1.48. The topological polar surface area (TPSA) is 78.2 Å². The van der Waals surface area contributed by atoms with Crippen molar-refractivity contribution in [2.45, 2.75) is 6.61 Å². The van der Waals surface area contributed by atoms with E-state index in [4.69, 9.17) is 4.74 Å².